The van der Waals surface area contributed by atoms with E-state index in [0.717, 1.165) is 0 Å². The van der Waals surface area contributed by atoms with Crippen LogP contribution in [0.4, 0.5) is 16.2 Å². The maximum Gasteiger partial charge on any atom is 1.00 e. The second-order valence-corrected chi connectivity index (χ2v) is 8.45. The second-order valence-electron chi connectivity index (χ2n) is 8.45. The quantitative estimate of drug-likeness (QED) is 0.328. The predicted molar refractivity (Wildman–Crippen MR) is 126 cm³/mol. The van der Waals surface area contributed by atoms with E-state index in [1.54, 1.807) is 66.7 Å². The van der Waals surface area contributed by atoms with Crippen molar-refractivity contribution in [3.05, 3.63) is 90.0 Å². The smallest absolute Gasteiger partial charge is 0.546 e. The van der Waals surface area contributed by atoms with Crippen molar-refractivity contribution in [1.82, 2.24) is 0 Å². The Morgan fingerprint density at radius 2 is 1.58 bits per heavy atom. The first-order chi connectivity index (χ1) is 16.9. The van der Waals surface area contributed by atoms with Crippen molar-refractivity contribution in [1.29, 1.82) is 0 Å². The van der Waals surface area contributed by atoms with E-state index in [1.165, 1.54) is 4.90 Å². The third kappa shape index (κ3) is 6.46. The Kier molecular flexibility index (Phi) is 9.53. The van der Waals surface area contributed by atoms with Crippen LogP contribution in [0.1, 0.15) is 17.5 Å². The molecular formula is C27H26NNaO7. The number of benzene rings is 3. The van der Waals surface area contributed by atoms with Crippen LogP contribution in [-0.2, 0) is 22.4 Å². The Morgan fingerprint density at radius 1 is 0.972 bits per heavy atom. The Labute approximate surface area is 231 Å². The average molecular weight is 499 g/mol. The predicted octanol–water partition coefficient (Wildman–Crippen LogP) is -0.625. The molecular weight excluding hydrogens is 473 g/mol. The van der Waals surface area contributed by atoms with E-state index in [1.807, 2.05) is 12.1 Å². The van der Waals surface area contributed by atoms with Crippen LogP contribution in [0, 0.1) is 0 Å². The molecule has 1 aliphatic rings. The minimum absolute atomic E-state index is 0. The number of anilines is 2. The molecule has 0 aromatic heterocycles. The molecule has 2 N–H and O–H groups in total. The Balaban J connectivity index is 0.00000361. The molecule has 1 amide bonds. The molecule has 0 heterocycles. The van der Waals surface area contributed by atoms with Crippen molar-refractivity contribution in [2.75, 3.05) is 18.1 Å². The normalized spacial score (nSPS) is 18.7. The molecule has 4 rings (SSSR count). The van der Waals surface area contributed by atoms with Crippen molar-refractivity contribution in [2.24, 2.45) is 0 Å². The van der Waals surface area contributed by atoms with Gasteiger partial charge in [0.2, 0.25) is 0 Å². The molecule has 0 radical (unpaired) electrons. The number of nitrogens with zero attached hydrogens (tertiary/aromatic N) is 1. The number of carbonyl (C=O) groups excluding carboxylic acids is 2. The van der Waals surface area contributed by atoms with Gasteiger partial charge in [-0.1, -0.05) is 48.5 Å². The zero-order valence-corrected chi connectivity index (χ0v) is 22.0. The molecule has 0 fully saturated rings. The maximum atomic E-state index is 13.2. The minimum Gasteiger partial charge on any atom is -0.546 e. The van der Waals surface area contributed by atoms with Crippen LogP contribution >= 0.6 is 0 Å². The summed E-state index contributed by atoms with van der Waals surface area (Å²) in [5, 5.41) is 32.9. The number of carboxylic acids is 1. The fraction of sp³-hybridized carbons (Fsp3) is 0.259. The van der Waals surface area contributed by atoms with Crippen molar-refractivity contribution in [3.8, 4) is 5.75 Å². The number of carbonyl (C=O) groups is 2. The van der Waals surface area contributed by atoms with Gasteiger partial charge >= 0.3 is 35.7 Å². The van der Waals surface area contributed by atoms with E-state index in [2.05, 4.69) is 0 Å². The molecule has 36 heavy (non-hydrogen) atoms. The van der Waals surface area contributed by atoms with E-state index in [9.17, 15) is 24.9 Å². The Bertz CT molecular complexity index is 1140. The van der Waals surface area contributed by atoms with Crippen LogP contribution in [0.15, 0.2) is 78.9 Å². The van der Waals surface area contributed by atoms with Crippen molar-refractivity contribution >= 4 is 23.4 Å². The number of carboxylic acid groups (broad SMARTS) is 1. The fourth-order valence-electron chi connectivity index (χ4n) is 4.24. The van der Waals surface area contributed by atoms with Crippen LogP contribution < -0.4 is 44.3 Å². The minimum atomic E-state index is -1.74. The van der Waals surface area contributed by atoms with Crippen LogP contribution in [0.25, 0.3) is 0 Å². The molecule has 1 aliphatic carbocycles. The number of aliphatic hydroxyl groups excluding tert-OH is 1. The summed E-state index contributed by atoms with van der Waals surface area (Å²) in [5.41, 5.74) is 0.825. The molecule has 2 unspecified atom stereocenters. The molecule has 3 aromatic rings. The number of para-hydroxylation sites is 2. The molecule has 0 spiro atoms. The van der Waals surface area contributed by atoms with E-state index >= 15 is 0 Å². The summed E-state index contributed by atoms with van der Waals surface area (Å²) in [6.07, 6.45) is -1.35. The zero-order valence-electron chi connectivity index (χ0n) is 20.0. The molecule has 182 valence electrons. The first-order valence-electron chi connectivity index (χ1n) is 11.3. The molecule has 9 heteroatoms. The van der Waals surface area contributed by atoms with Gasteiger partial charge in [0, 0.05) is 6.42 Å². The van der Waals surface area contributed by atoms with Gasteiger partial charge in [0.05, 0.1) is 23.4 Å². The number of amides is 1. The van der Waals surface area contributed by atoms with Gasteiger partial charge in [0.15, 0.2) is 0 Å². The van der Waals surface area contributed by atoms with Gasteiger partial charge in [-0.05, 0) is 54.3 Å². The number of aliphatic hydroxyl groups is 2. The van der Waals surface area contributed by atoms with Gasteiger partial charge in [-0.15, -0.1) is 0 Å². The third-order valence-corrected chi connectivity index (χ3v) is 6.02. The van der Waals surface area contributed by atoms with Crippen LogP contribution in [0.2, 0.25) is 0 Å². The Morgan fingerprint density at radius 3 is 2.17 bits per heavy atom. The van der Waals surface area contributed by atoms with Gasteiger partial charge in [-0.25, -0.2) is 9.69 Å². The molecule has 3 aromatic carbocycles. The molecule has 8 nitrogen and oxygen atoms in total. The number of hydrogen-bond donors (Lipinski definition) is 2. The number of aliphatic carboxylic acids is 1. The summed E-state index contributed by atoms with van der Waals surface area (Å²) in [7, 11) is 0. The Hall–Kier alpha value is -2.88. The largest absolute Gasteiger partial charge is 1.00 e. The zero-order chi connectivity index (χ0) is 24.8. The molecule has 0 saturated carbocycles. The monoisotopic (exact) mass is 499 g/mol. The van der Waals surface area contributed by atoms with Gasteiger partial charge in [0.25, 0.3) is 0 Å². The van der Waals surface area contributed by atoms with Crippen molar-refractivity contribution < 1.29 is 63.9 Å². The van der Waals surface area contributed by atoms with Crippen LogP contribution in [-0.4, -0.2) is 47.2 Å². The van der Waals surface area contributed by atoms with Crippen molar-refractivity contribution in [3.63, 3.8) is 0 Å². The van der Waals surface area contributed by atoms with E-state index in [-0.39, 0.29) is 42.4 Å². The number of hydrogen-bond acceptors (Lipinski definition) is 7. The summed E-state index contributed by atoms with van der Waals surface area (Å²) < 4.78 is 10.9. The molecule has 0 aliphatic heterocycles. The molecule has 0 saturated heterocycles. The molecule has 2 atom stereocenters. The summed E-state index contributed by atoms with van der Waals surface area (Å²) in [6, 6.07) is 23.1. The first kappa shape index (κ1) is 27.7. The number of fused-ring (bicyclic) bond motifs is 1. The summed E-state index contributed by atoms with van der Waals surface area (Å²) in [4.78, 5) is 25.4. The third-order valence-electron chi connectivity index (χ3n) is 6.02. The summed E-state index contributed by atoms with van der Waals surface area (Å²) in [6.45, 7) is -1.04. The molecule has 0 bridgehead atoms. The second kappa shape index (κ2) is 12.4. The van der Waals surface area contributed by atoms with E-state index < -0.39 is 37.0 Å². The fourth-order valence-corrected chi connectivity index (χ4v) is 4.24. The van der Waals surface area contributed by atoms with Gasteiger partial charge < -0.3 is 29.6 Å². The number of ether oxygens (including phenoxy) is 2. The van der Waals surface area contributed by atoms with Crippen LogP contribution in [0.3, 0.4) is 0 Å². The maximum absolute atomic E-state index is 13.2. The SMILES string of the molecule is O=C([O-])COc1cccc2c1CCC(O)C(O)(COC(=O)N(c1ccccc1)c1ccccc1)C2.[Na+]. The van der Waals surface area contributed by atoms with Crippen LogP contribution in [0.5, 0.6) is 5.75 Å². The standard InChI is InChI=1S/C27H27NO7.Na/c29-24-15-14-22-19(8-7-13-23(22)34-17-25(30)31)16-27(24,33)18-35-26(32)28(20-9-3-1-4-10-20)21-11-5-2-6-12-21;/h1-13,24,29,33H,14-18H2,(H,30,31);/q;+1/p-1. The van der Waals surface area contributed by atoms with E-state index in [4.69, 9.17) is 9.47 Å². The first-order valence-corrected chi connectivity index (χ1v) is 11.3. The van der Waals surface area contributed by atoms with E-state index in [0.29, 0.717) is 34.7 Å². The van der Waals surface area contributed by atoms with Crippen molar-refractivity contribution in [2.45, 2.75) is 31.0 Å². The van der Waals surface area contributed by atoms with Gasteiger partial charge in [0.1, 0.15) is 24.6 Å². The summed E-state index contributed by atoms with van der Waals surface area (Å²) >= 11 is 0. The topological polar surface area (TPSA) is 119 Å². The summed E-state index contributed by atoms with van der Waals surface area (Å²) in [5.74, 6) is -0.986. The van der Waals surface area contributed by atoms with Gasteiger partial charge in [-0.2, -0.15) is 0 Å². The average Bonchev–Trinajstić information content (AvgIpc) is 2.99. The van der Waals surface area contributed by atoms with Gasteiger partial charge in [-0.3, -0.25) is 0 Å². The number of rotatable bonds is 7.